The van der Waals surface area contributed by atoms with Crippen molar-refractivity contribution in [1.29, 1.82) is 0 Å². The SMILES string of the molecule is CC[C@@]1(O)C(=O)OCc2c1cc1n(c2=O)Cc2c-1nc1cc(F)c(OP(=O)(O)O)c3c1c2[N+](C)(C(C)C)C3. The highest BCUT2D eigenvalue weighted by molar-refractivity contribution is 7.46. The number of fused-ring (bicyclic) bond motifs is 5. The lowest BCUT2D eigenvalue weighted by Gasteiger charge is -2.35. The van der Waals surface area contributed by atoms with Crippen LogP contribution in [0.3, 0.4) is 0 Å². The first kappa shape index (κ1) is 25.1. The third-order valence-corrected chi connectivity index (χ3v) is 8.72. The number of pyridine rings is 2. The first-order valence-corrected chi connectivity index (χ1v) is 13.7. The van der Waals surface area contributed by atoms with Gasteiger partial charge in [0.1, 0.15) is 13.2 Å². The fourth-order valence-corrected chi connectivity index (χ4v) is 6.46. The zero-order valence-corrected chi connectivity index (χ0v) is 22.0. The van der Waals surface area contributed by atoms with E-state index in [-0.39, 0.29) is 53.3 Å². The third kappa shape index (κ3) is 3.15. The second-order valence-corrected chi connectivity index (χ2v) is 11.7. The van der Waals surface area contributed by atoms with Crippen LogP contribution in [-0.4, -0.2) is 43.5 Å². The predicted octanol–water partition coefficient (Wildman–Crippen LogP) is 2.55. The van der Waals surface area contributed by atoms with Gasteiger partial charge in [0.25, 0.3) is 5.56 Å². The van der Waals surface area contributed by atoms with Crippen molar-refractivity contribution in [2.24, 2.45) is 0 Å². The van der Waals surface area contributed by atoms with Crippen LogP contribution in [0.25, 0.3) is 22.3 Å². The number of quaternary nitrogens is 1. The largest absolute Gasteiger partial charge is 0.524 e. The molecule has 0 bridgehead atoms. The number of benzene rings is 1. The molecular weight excluding hydrogens is 520 g/mol. The second kappa shape index (κ2) is 7.71. The molecule has 0 radical (unpaired) electrons. The molecule has 3 aromatic rings. The first-order valence-electron chi connectivity index (χ1n) is 12.2. The predicted molar refractivity (Wildman–Crippen MR) is 134 cm³/mol. The summed E-state index contributed by atoms with van der Waals surface area (Å²) >= 11 is 0. The monoisotopic (exact) mass is 546 g/mol. The second-order valence-electron chi connectivity index (χ2n) is 10.6. The van der Waals surface area contributed by atoms with Gasteiger partial charge in [-0.1, -0.05) is 6.92 Å². The van der Waals surface area contributed by atoms with E-state index in [1.54, 1.807) is 13.0 Å². The van der Waals surface area contributed by atoms with Gasteiger partial charge in [-0.25, -0.2) is 18.7 Å². The van der Waals surface area contributed by atoms with E-state index in [0.29, 0.717) is 27.9 Å². The van der Waals surface area contributed by atoms with Crippen LogP contribution in [0.1, 0.15) is 49.4 Å². The zero-order chi connectivity index (χ0) is 27.5. The van der Waals surface area contributed by atoms with Crippen molar-refractivity contribution in [3.63, 3.8) is 0 Å². The number of ether oxygens (including phenoxy) is 1. The van der Waals surface area contributed by atoms with Gasteiger partial charge in [-0.05, 0) is 26.3 Å². The molecule has 0 fully saturated rings. The molecule has 3 aliphatic heterocycles. The molecule has 13 heteroatoms. The fourth-order valence-electron chi connectivity index (χ4n) is 6.03. The molecule has 0 amide bonds. The number of rotatable bonds is 4. The maximum Gasteiger partial charge on any atom is 0.524 e. The van der Waals surface area contributed by atoms with Gasteiger partial charge in [-0.2, -0.15) is 0 Å². The molecule has 1 aromatic carbocycles. The Balaban J connectivity index is 1.69. The van der Waals surface area contributed by atoms with E-state index in [4.69, 9.17) is 14.2 Å². The fraction of sp³-hybridized carbons (Fsp3) is 0.400. The number of esters is 1. The van der Waals surface area contributed by atoms with E-state index in [1.807, 2.05) is 20.9 Å². The van der Waals surface area contributed by atoms with Gasteiger partial charge in [0.2, 0.25) is 0 Å². The minimum absolute atomic E-state index is 0.00418. The Hall–Kier alpha value is -3.15. The minimum atomic E-state index is -5.05. The summed E-state index contributed by atoms with van der Waals surface area (Å²) in [5.74, 6) is -2.30. The van der Waals surface area contributed by atoms with Crippen molar-refractivity contribution in [2.45, 2.75) is 58.5 Å². The molecule has 2 atom stereocenters. The Kier molecular flexibility index (Phi) is 5.10. The van der Waals surface area contributed by atoms with E-state index in [1.165, 1.54) is 4.57 Å². The average molecular weight is 546 g/mol. The Labute approximate surface area is 215 Å². The molecule has 0 aliphatic carbocycles. The van der Waals surface area contributed by atoms with Crippen molar-refractivity contribution in [1.82, 2.24) is 14.0 Å². The summed E-state index contributed by atoms with van der Waals surface area (Å²) in [4.78, 5) is 49.7. The highest BCUT2D eigenvalue weighted by Gasteiger charge is 2.49. The molecule has 11 nitrogen and oxygen atoms in total. The molecule has 1 unspecified atom stereocenters. The molecule has 2 aromatic heterocycles. The van der Waals surface area contributed by atoms with E-state index in [2.05, 4.69) is 0 Å². The summed E-state index contributed by atoms with van der Waals surface area (Å²) in [6.07, 6.45) is 0.00418. The van der Waals surface area contributed by atoms with E-state index in [0.717, 1.165) is 11.8 Å². The van der Waals surface area contributed by atoms with Crippen LogP contribution in [0.5, 0.6) is 5.75 Å². The average Bonchev–Trinajstić information content (AvgIpc) is 3.36. The van der Waals surface area contributed by atoms with Crippen molar-refractivity contribution in [2.75, 3.05) is 7.05 Å². The van der Waals surface area contributed by atoms with Crippen LogP contribution in [-0.2, 0) is 39.4 Å². The van der Waals surface area contributed by atoms with Crippen LogP contribution in [0.2, 0.25) is 0 Å². The maximum atomic E-state index is 15.2. The van der Waals surface area contributed by atoms with E-state index >= 15 is 4.39 Å². The number of carbonyl (C=O) groups excluding carboxylic acids is 1. The Morgan fingerprint density at radius 2 is 1.97 bits per heavy atom. The van der Waals surface area contributed by atoms with Crippen molar-refractivity contribution in [3.05, 3.63) is 50.6 Å². The van der Waals surface area contributed by atoms with Gasteiger partial charge in [-0.3, -0.25) is 19.1 Å². The minimum Gasteiger partial charge on any atom is -0.458 e. The molecule has 200 valence electrons. The molecular formula is C25H26FN3O8P+. The lowest BCUT2D eigenvalue weighted by atomic mass is 9.86. The van der Waals surface area contributed by atoms with Gasteiger partial charge < -0.3 is 18.9 Å². The molecule has 0 saturated carbocycles. The number of hydrogen-bond donors (Lipinski definition) is 3. The summed E-state index contributed by atoms with van der Waals surface area (Å²) in [6.45, 7) is 5.64. The standard InChI is InChI=1S/C25H25FN3O8P/c1-5-25(32)15-6-18-20-12(8-28(18)23(30)14(15)10-36-24(25)31)21-19-13(9-29(21,4)11(2)3)22(37-38(33,34)35)16(26)7-17(19)27-20/h6-7,11,32H,5,8-10H2,1-4H3,(H-,33,34,35)/p+1/t25-,29?/m0/s1. The molecule has 5 heterocycles. The van der Waals surface area contributed by atoms with Crippen LogP contribution in [0.15, 0.2) is 16.9 Å². The molecule has 0 saturated heterocycles. The Morgan fingerprint density at radius 3 is 2.61 bits per heavy atom. The van der Waals surface area contributed by atoms with Crippen LogP contribution < -0.4 is 14.6 Å². The lowest BCUT2D eigenvalue weighted by Crippen LogP contribution is -2.48. The number of halogens is 1. The quantitative estimate of drug-likeness (QED) is 0.200. The summed E-state index contributed by atoms with van der Waals surface area (Å²) in [7, 11) is -3.13. The van der Waals surface area contributed by atoms with E-state index in [9.17, 15) is 29.0 Å². The highest BCUT2D eigenvalue weighted by atomic mass is 31.2. The Bertz CT molecular complexity index is 1710. The van der Waals surface area contributed by atoms with Crippen molar-refractivity contribution in [3.8, 4) is 17.1 Å². The summed E-state index contributed by atoms with van der Waals surface area (Å²) < 4.78 is 38.6. The number of phosphoric ester groups is 1. The molecule has 6 rings (SSSR count). The van der Waals surface area contributed by atoms with Crippen molar-refractivity contribution < 1.29 is 37.9 Å². The number of cyclic esters (lactones) is 1. The van der Waals surface area contributed by atoms with Gasteiger partial charge in [-0.15, -0.1) is 0 Å². The highest BCUT2D eigenvalue weighted by Crippen LogP contribution is 2.54. The normalized spacial score (nSPS) is 23.4. The maximum absolute atomic E-state index is 15.2. The van der Waals surface area contributed by atoms with Gasteiger partial charge >= 0.3 is 13.8 Å². The Morgan fingerprint density at radius 1 is 1.26 bits per heavy atom. The molecule has 3 aliphatic rings. The summed E-state index contributed by atoms with van der Waals surface area (Å²) in [6, 6.07) is 2.62. The molecule has 3 N–H and O–H groups in total. The van der Waals surface area contributed by atoms with Gasteiger partial charge in [0.15, 0.2) is 22.9 Å². The third-order valence-electron chi connectivity index (χ3n) is 8.30. The molecule has 0 spiro atoms. The summed E-state index contributed by atoms with van der Waals surface area (Å²) in [5, 5.41) is 11.7. The number of phosphoric acid groups is 1. The smallest absolute Gasteiger partial charge is 0.458 e. The van der Waals surface area contributed by atoms with E-state index < -0.39 is 36.5 Å². The van der Waals surface area contributed by atoms with Crippen LogP contribution in [0.4, 0.5) is 10.1 Å². The lowest BCUT2D eigenvalue weighted by molar-refractivity contribution is -0.172. The van der Waals surface area contributed by atoms with Crippen LogP contribution in [0, 0.1) is 5.82 Å². The van der Waals surface area contributed by atoms with Gasteiger partial charge in [0.05, 0.1) is 58.6 Å². The number of nitrogens with zero attached hydrogens (tertiary/aromatic N) is 3. The number of hydrogen-bond acceptors (Lipinski definition) is 7. The number of aromatic nitrogens is 2. The number of carbonyl (C=O) groups is 1. The molecule has 38 heavy (non-hydrogen) atoms. The topological polar surface area (TPSA) is 148 Å². The number of aliphatic hydroxyl groups is 1. The van der Waals surface area contributed by atoms with Crippen LogP contribution >= 0.6 is 7.82 Å². The first-order chi connectivity index (χ1) is 17.7. The van der Waals surface area contributed by atoms with Crippen molar-refractivity contribution >= 4 is 30.4 Å². The van der Waals surface area contributed by atoms with Gasteiger partial charge in [0, 0.05) is 11.6 Å². The summed E-state index contributed by atoms with van der Waals surface area (Å²) in [5.41, 5.74) is 0.789. The zero-order valence-electron chi connectivity index (χ0n) is 21.1.